The van der Waals surface area contributed by atoms with Crippen molar-refractivity contribution in [2.75, 3.05) is 33.2 Å². The maximum atomic E-state index is 11.8. The number of hydrogen-bond acceptors (Lipinski definition) is 3. The van der Waals surface area contributed by atoms with Crippen molar-refractivity contribution in [1.29, 1.82) is 0 Å². The molecule has 0 heterocycles. The minimum Gasteiger partial charge on any atom is -0.354 e. The van der Waals surface area contributed by atoms with Gasteiger partial charge in [0, 0.05) is 31.7 Å². The molecule has 1 unspecified atom stereocenters. The predicted molar refractivity (Wildman–Crippen MR) is 130 cm³/mol. The lowest BCUT2D eigenvalue weighted by atomic mass is 10.1. The van der Waals surface area contributed by atoms with E-state index >= 15 is 0 Å². The van der Waals surface area contributed by atoms with Crippen molar-refractivity contribution < 1.29 is 4.79 Å². The highest BCUT2D eigenvalue weighted by Gasteiger charge is 2.07. The van der Waals surface area contributed by atoms with Gasteiger partial charge in [-0.1, -0.05) is 26.0 Å². The third-order valence-corrected chi connectivity index (χ3v) is 4.63. The Balaban J connectivity index is 0.00000729. The molecule has 0 aliphatic carbocycles. The predicted octanol–water partition coefficient (Wildman–Crippen LogP) is 3.23. The summed E-state index contributed by atoms with van der Waals surface area (Å²) in [6.07, 6.45) is 2.28. The molecule has 0 aliphatic rings. The first-order chi connectivity index (χ1) is 13.0. The van der Waals surface area contributed by atoms with Crippen LogP contribution in [0.1, 0.15) is 56.5 Å². The van der Waals surface area contributed by atoms with Gasteiger partial charge in [-0.2, -0.15) is 0 Å². The molecule has 0 bridgehead atoms. The summed E-state index contributed by atoms with van der Waals surface area (Å²) in [6, 6.07) is 8.02. The van der Waals surface area contributed by atoms with Gasteiger partial charge in [-0.25, -0.2) is 0 Å². The summed E-state index contributed by atoms with van der Waals surface area (Å²) in [6.45, 7) is 13.2. The van der Waals surface area contributed by atoms with Gasteiger partial charge in [0.2, 0.25) is 0 Å². The Labute approximate surface area is 188 Å². The summed E-state index contributed by atoms with van der Waals surface area (Å²) in [4.78, 5) is 18.6. The van der Waals surface area contributed by atoms with Crippen LogP contribution in [0.25, 0.3) is 0 Å². The molecular formula is C21H38IN5O. The third kappa shape index (κ3) is 10.3. The minimum atomic E-state index is -0.0342. The average Bonchev–Trinajstić information content (AvgIpc) is 2.69. The lowest BCUT2D eigenvalue weighted by Gasteiger charge is -2.21. The Kier molecular flexibility index (Phi) is 14.8. The van der Waals surface area contributed by atoms with E-state index in [1.54, 1.807) is 7.05 Å². The highest BCUT2D eigenvalue weighted by Crippen LogP contribution is 2.05. The fourth-order valence-corrected chi connectivity index (χ4v) is 2.88. The molecule has 7 heteroatoms. The zero-order valence-corrected chi connectivity index (χ0v) is 20.4. The van der Waals surface area contributed by atoms with Crippen molar-refractivity contribution in [3.8, 4) is 0 Å². The van der Waals surface area contributed by atoms with Gasteiger partial charge in [0.25, 0.3) is 5.91 Å². The Hall–Kier alpha value is -1.35. The molecule has 6 nitrogen and oxygen atoms in total. The zero-order valence-electron chi connectivity index (χ0n) is 18.0. The first kappa shape index (κ1) is 26.6. The second-order valence-corrected chi connectivity index (χ2v) is 6.70. The van der Waals surface area contributed by atoms with Crippen molar-refractivity contribution in [2.45, 2.75) is 53.1 Å². The number of carbonyl (C=O) groups is 1. The van der Waals surface area contributed by atoms with Gasteiger partial charge in [0.05, 0.1) is 0 Å². The van der Waals surface area contributed by atoms with Gasteiger partial charge in [0.15, 0.2) is 5.96 Å². The standard InChI is InChI=1S/C21H37N5O.HI/c1-6-23-20(27)19-13-11-18(12-14-19)16-24-21(22-5)25-17(4)10-9-15-26(7-2)8-3;/h11-14,17H,6-10,15-16H2,1-5H3,(H,23,27)(H2,22,24,25);1H. The second kappa shape index (κ2) is 15.6. The molecular weight excluding hydrogens is 465 g/mol. The fourth-order valence-electron chi connectivity index (χ4n) is 2.88. The lowest BCUT2D eigenvalue weighted by Crippen LogP contribution is -2.42. The maximum Gasteiger partial charge on any atom is 0.251 e. The van der Waals surface area contributed by atoms with E-state index in [0.29, 0.717) is 24.7 Å². The van der Waals surface area contributed by atoms with E-state index in [-0.39, 0.29) is 29.9 Å². The van der Waals surface area contributed by atoms with Gasteiger partial charge in [-0.05, 0) is 64.0 Å². The minimum absolute atomic E-state index is 0. The number of benzene rings is 1. The molecule has 0 radical (unpaired) electrons. The number of amides is 1. The molecule has 0 aliphatic heterocycles. The van der Waals surface area contributed by atoms with Crippen molar-refractivity contribution in [1.82, 2.24) is 20.9 Å². The molecule has 1 atom stereocenters. The Morgan fingerprint density at radius 3 is 2.29 bits per heavy atom. The Bertz CT molecular complexity index is 573. The molecule has 0 aromatic heterocycles. The molecule has 0 fully saturated rings. The van der Waals surface area contributed by atoms with E-state index in [1.165, 1.54) is 6.42 Å². The number of hydrogen-bond donors (Lipinski definition) is 3. The van der Waals surface area contributed by atoms with Crippen LogP contribution in [0.3, 0.4) is 0 Å². The molecule has 28 heavy (non-hydrogen) atoms. The average molecular weight is 503 g/mol. The van der Waals surface area contributed by atoms with Crippen molar-refractivity contribution in [2.24, 2.45) is 4.99 Å². The molecule has 0 saturated heterocycles. The smallest absolute Gasteiger partial charge is 0.251 e. The van der Waals surface area contributed by atoms with E-state index in [1.807, 2.05) is 31.2 Å². The van der Waals surface area contributed by atoms with Crippen LogP contribution in [-0.4, -0.2) is 56.0 Å². The molecule has 160 valence electrons. The first-order valence-electron chi connectivity index (χ1n) is 10.1. The van der Waals surface area contributed by atoms with E-state index in [2.05, 4.69) is 46.6 Å². The summed E-state index contributed by atoms with van der Waals surface area (Å²) in [5.74, 6) is 0.770. The van der Waals surface area contributed by atoms with Crippen LogP contribution in [-0.2, 0) is 6.54 Å². The molecule has 1 rings (SSSR count). The quantitative estimate of drug-likeness (QED) is 0.247. The fraction of sp³-hybridized carbons (Fsp3) is 0.619. The summed E-state index contributed by atoms with van der Waals surface area (Å²) in [5, 5.41) is 9.60. The number of nitrogens with one attached hydrogen (secondary N) is 3. The van der Waals surface area contributed by atoms with Gasteiger partial charge >= 0.3 is 0 Å². The normalized spacial score (nSPS) is 12.3. The highest BCUT2D eigenvalue weighted by atomic mass is 127. The van der Waals surface area contributed by atoms with Crippen LogP contribution in [0.4, 0.5) is 0 Å². The van der Waals surface area contributed by atoms with Crippen LogP contribution in [0.5, 0.6) is 0 Å². The van der Waals surface area contributed by atoms with Gasteiger partial charge in [0.1, 0.15) is 0 Å². The summed E-state index contributed by atoms with van der Waals surface area (Å²) >= 11 is 0. The zero-order chi connectivity index (χ0) is 20.1. The molecule has 1 aromatic carbocycles. The Morgan fingerprint density at radius 1 is 1.11 bits per heavy atom. The number of rotatable bonds is 11. The molecule has 0 spiro atoms. The molecule has 1 amide bonds. The summed E-state index contributed by atoms with van der Waals surface area (Å²) < 4.78 is 0. The van der Waals surface area contributed by atoms with Gasteiger partial charge in [-0.3, -0.25) is 9.79 Å². The van der Waals surface area contributed by atoms with E-state index < -0.39 is 0 Å². The number of halogens is 1. The van der Waals surface area contributed by atoms with Crippen molar-refractivity contribution in [3.05, 3.63) is 35.4 Å². The van der Waals surface area contributed by atoms with E-state index in [4.69, 9.17) is 0 Å². The van der Waals surface area contributed by atoms with E-state index in [0.717, 1.165) is 37.6 Å². The van der Waals surface area contributed by atoms with Crippen molar-refractivity contribution in [3.63, 3.8) is 0 Å². The summed E-state index contributed by atoms with van der Waals surface area (Å²) in [5.41, 5.74) is 1.80. The number of guanidine groups is 1. The molecule has 0 saturated carbocycles. The van der Waals surface area contributed by atoms with Crippen LogP contribution in [0.15, 0.2) is 29.3 Å². The highest BCUT2D eigenvalue weighted by molar-refractivity contribution is 14.0. The van der Waals surface area contributed by atoms with Gasteiger partial charge < -0.3 is 20.9 Å². The monoisotopic (exact) mass is 503 g/mol. The second-order valence-electron chi connectivity index (χ2n) is 6.70. The molecule has 3 N–H and O–H groups in total. The summed E-state index contributed by atoms with van der Waals surface area (Å²) in [7, 11) is 1.79. The first-order valence-corrected chi connectivity index (χ1v) is 10.1. The van der Waals surface area contributed by atoms with Crippen LogP contribution >= 0.6 is 24.0 Å². The number of nitrogens with zero attached hydrogens (tertiary/aromatic N) is 2. The Morgan fingerprint density at radius 2 is 1.75 bits per heavy atom. The maximum absolute atomic E-state index is 11.8. The van der Waals surface area contributed by atoms with Gasteiger partial charge in [-0.15, -0.1) is 24.0 Å². The number of carbonyl (C=O) groups excluding carboxylic acids is 1. The number of aliphatic imine (C=N–C) groups is 1. The van der Waals surface area contributed by atoms with Crippen LogP contribution in [0, 0.1) is 0 Å². The van der Waals surface area contributed by atoms with Crippen LogP contribution < -0.4 is 16.0 Å². The van der Waals surface area contributed by atoms with E-state index in [9.17, 15) is 4.79 Å². The third-order valence-electron chi connectivity index (χ3n) is 4.63. The van der Waals surface area contributed by atoms with Crippen LogP contribution in [0.2, 0.25) is 0 Å². The van der Waals surface area contributed by atoms with Crippen molar-refractivity contribution >= 4 is 35.8 Å². The molecule has 1 aromatic rings. The SMILES string of the molecule is CCNC(=O)c1ccc(CNC(=NC)NC(C)CCCN(CC)CC)cc1.I. The topological polar surface area (TPSA) is 68.8 Å². The largest absolute Gasteiger partial charge is 0.354 e. The lowest BCUT2D eigenvalue weighted by molar-refractivity contribution is 0.0956.